The average molecular weight is 322 g/mol. The van der Waals surface area contributed by atoms with Gasteiger partial charge in [0.05, 0.1) is 32.7 Å². The number of hydrogen-bond donors (Lipinski definition) is 1. The lowest BCUT2D eigenvalue weighted by molar-refractivity contribution is -0.922. The molecule has 0 atom stereocenters. The molecule has 1 N–H and O–H groups in total. The highest BCUT2D eigenvalue weighted by atomic mass is 16.1. The zero-order valence-corrected chi connectivity index (χ0v) is 15.6. The van der Waals surface area contributed by atoms with Crippen molar-refractivity contribution < 1.29 is 9.28 Å². The molecule has 0 unspecified atom stereocenters. The van der Waals surface area contributed by atoms with Crippen molar-refractivity contribution in [3.63, 3.8) is 0 Å². The molecule has 3 nitrogen and oxygen atoms in total. The molecule has 0 aromatic carbocycles. The van der Waals surface area contributed by atoms with E-state index in [0.717, 1.165) is 61.4 Å². The van der Waals surface area contributed by atoms with Gasteiger partial charge in [0.25, 0.3) is 0 Å². The molecular weight excluding hydrogens is 284 g/mol. The minimum Gasteiger partial charge on any atom is -0.350 e. The van der Waals surface area contributed by atoms with Gasteiger partial charge in [0.15, 0.2) is 0 Å². The Labute approximate surface area is 142 Å². The third kappa shape index (κ3) is 3.60. The summed E-state index contributed by atoms with van der Waals surface area (Å²) in [6.45, 7) is 12.2. The highest BCUT2D eigenvalue weighted by Crippen LogP contribution is 2.61. The molecule has 0 aromatic rings. The molecule has 4 bridgehead atoms. The topological polar surface area (TPSA) is 29.1 Å². The molecule has 4 rings (SSSR count). The lowest BCUT2D eigenvalue weighted by Gasteiger charge is -2.56. The Kier molecular flexibility index (Phi) is 5.06. The van der Waals surface area contributed by atoms with E-state index in [9.17, 15) is 4.79 Å². The van der Waals surface area contributed by atoms with Crippen LogP contribution in [0.25, 0.3) is 0 Å². The molecular formula is C20H37N2O+. The van der Waals surface area contributed by atoms with Gasteiger partial charge in [0.2, 0.25) is 5.91 Å². The summed E-state index contributed by atoms with van der Waals surface area (Å²) in [5, 5.41) is 3.26. The Balaban J connectivity index is 1.48. The van der Waals surface area contributed by atoms with Crippen LogP contribution in [-0.2, 0) is 4.79 Å². The van der Waals surface area contributed by atoms with Crippen molar-refractivity contribution in [3.05, 3.63) is 0 Å². The highest BCUT2D eigenvalue weighted by Gasteiger charge is 2.51. The molecule has 0 saturated heterocycles. The maximum Gasteiger partial charge on any atom is 0.220 e. The van der Waals surface area contributed by atoms with Crippen molar-refractivity contribution in [1.29, 1.82) is 0 Å². The maximum absolute atomic E-state index is 12.6. The number of nitrogens with one attached hydrogen (secondary N) is 1. The Hall–Kier alpha value is -0.570. The number of carbonyl (C=O) groups excluding carboxylic acids is 1. The van der Waals surface area contributed by atoms with E-state index in [1.807, 2.05) is 0 Å². The van der Waals surface area contributed by atoms with Gasteiger partial charge in [-0.05, 0) is 82.5 Å². The van der Waals surface area contributed by atoms with E-state index in [0.29, 0.717) is 11.3 Å². The van der Waals surface area contributed by atoms with Crippen LogP contribution in [0.3, 0.4) is 0 Å². The summed E-state index contributed by atoms with van der Waals surface area (Å²) in [4.78, 5) is 12.6. The summed E-state index contributed by atoms with van der Waals surface area (Å²) in [6.07, 6.45) is 9.21. The quantitative estimate of drug-likeness (QED) is 0.680. The second-order valence-corrected chi connectivity index (χ2v) is 8.96. The van der Waals surface area contributed by atoms with Crippen LogP contribution in [0.1, 0.15) is 65.7 Å². The van der Waals surface area contributed by atoms with Crippen molar-refractivity contribution >= 4 is 5.91 Å². The van der Waals surface area contributed by atoms with Gasteiger partial charge in [-0.15, -0.1) is 0 Å². The average Bonchev–Trinajstić information content (AvgIpc) is 2.50. The normalized spacial score (nSPS) is 35.5. The van der Waals surface area contributed by atoms with Crippen LogP contribution in [0, 0.1) is 23.2 Å². The number of nitrogens with zero attached hydrogens (tertiary/aromatic N) is 1. The van der Waals surface area contributed by atoms with E-state index in [-0.39, 0.29) is 0 Å². The largest absolute Gasteiger partial charge is 0.350 e. The van der Waals surface area contributed by atoms with Crippen LogP contribution >= 0.6 is 0 Å². The van der Waals surface area contributed by atoms with Gasteiger partial charge in [-0.25, -0.2) is 0 Å². The van der Waals surface area contributed by atoms with E-state index in [1.165, 1.54) is 38.5 Å². The monoisotopic (exact) mass is 321 g/mol. The molecule has 0 aliphatic heterocycles. The molecule has 132 valence electrons. The Morgan fingerprint density at radius 1 is 0.957 bits per heavy atom. The highest BCUT2D eigenvalue weighted by molar-refractivity contribution is 5.76. The van der Waals surface area contributed by atoms with Crippen molar-refractivity contribution in [2.24, 2.45) is 23.2 Å². The molecule has 4 saturated carbocycles. The summed E-state index contributed by atoms with van der Waals surface area (Å²) in [5.41, 5.74) is 0.380. The Morgan fingerprint density at radius 3 is 1.87 bits per heavy atom. The molecule has 0 spiro atoms. The SMILES string of the molecule is CC[N+](CC)(CC)CCNC(=O)CC12CC3CC(CC(C3)C1)C2. The molecule has 4 aliphatic rings. The van der Waals surface area contributed by atoms with Gasteiger partial charge in [0.1, 0.15) is 0 Å². The van der Waals surface area contributed by atoms with E-state index < -0.39 is 0 Å². The number of amides is 1. The molecule has 1 amide bonds. The van der Waals surface area contributed by atoms with Crippen molar-refractivity contribution in [2.45, 2.75) is 65.7 Å². The Morgan fingerprint density at radius 2 is 1.43 bits per heavy atom. The second kappa shape index (κ2) is 6.74. The predicted octanol–water partition coefficient (Wildman–Crippen LogP) is 3.59. The smallest absolute Gasteiger partial charge is 0.220 e. The van der Waals surface area contributed by atoms with E-state index in [2.05, 4.69) is 26.1 Å². The minimum atomic E-state index is 0.327. The predicted molar refractivity (Wildman–Crippen MR) is 95.0 cm³/mol. The third-order valence-corrected chi connectivity index (χ3v) is 7.62. The third-order valence-electron chi connectivity index (χ3n) is 7.62. The second-order valence-electron chi connectivity index (χ2n) is 8.96. The molecule has 0 heterocycles. The number of hydrogen-bond acceptors (Lipinski definition) is 1. The summed E-state index contributed by atoms with van der Waals surface area (Å²) < 4.78 is 1.12. The number of quaternary nitrogens is 1. The first-order valence-electron chi connectivity index (χ1n) is 10.1. The standard InChI is InChI=1S/C20H36N2O/c1-4-22(5-2,6-3)8-7-21-19(23)15-20-12-16-9-17(13-20)11-18(10-16)14-20/h16-18H,4-15H2,1-3H3/p+1. The fraction of sp³-hybridized carbons (Fsp3) is 0.950. The molecule has 4 aliphatic carbocycles. The van der Waals surface area contributed by atoms with E-state index in [1.54, 1.807) is 0 Å². The van der Waals surface area contributed by atoms with Gasteiger partial charge in [-0.3, -0.25) is 4.79 Å². The van der Waals surface area contributed by atoms with E-state index >= 15 is 0 Å². The van der Waals surface area contributed by atoms with Crippen LogP contribution in [-0.4, -0.2) is 43.1 Å². The summed E-state index contributed by atoms with van der Waals surface area (Å²) in [7, 11) is 0. The van der Waals surface area contributed by atoms with Gasteiger partial charge < -0.3 is 9.80 Å². The molecule has 0 radical (unpaired) electrons. The Bertz CT molecular complexity index is 384. The van der Waals surface area contributed by atoms with Crippen molar-refractivity contribution in [1.82, 2.24) is 5.32 Å². The molecule has 23 heavy (non-hydrogen) atoms. The maximum atomic E-state index is 12.6. The molecule has 3 heteroatoms. The molecule has 4 fully saturated rings. The summed E-state index contributed by atoms with van der Waals surface area (Å²) >= 11 is 0. The summed E-state index contributed by atoms with van der Waals surface area (Å²) in [6, 6.07) is 0. The van der Waals surface area contributed by atoms with E-state index in [4.69, 9.17) is 0 Å². The number of carbonyl (C=O) groups is 1. The molecule has 0 aromatic heterocycles. The zero-order chi connectivity index (χ0) is 16.5. The first-order valence-corrected chi connectivity index (χ1v) is 10.1. The number of rotatable bonds is 8. The first kappa shape index (κ1) is 17.3. The minimum absolute atomic E-state index is 0.327. The van der Waals surface area contributed by atoms with Gasteiger partial charge in [-0.2, -0.15) is 0 Å². The van der Waals surface area contributed by atoms with Crippen molar-refractivity contribution in [2.75, 3.05) is 32.7 Å². The van der Waals surface area contributed by atoms with Crippen molar-refractivity contribution in [3.8, 4) is 0 Å². The fourth-order valence-corrected chi connectivity index (χ4v) is 6.49. The zero-order valence-electron chi connectivity index (χ0n) is 15.6. The fourth-order valence-electron chi connectivity index (χ4n) is 6.49. The number of likely N-dealkylation sites (N-methyl/N-ethyl adjacent to an activating group) is 1. The van der Waals surface area contributed by atoms with Crippen LogP contribution in [0.4, 0.5) is 0 Å². The van der Waals surface area contributed by atoms with Crippen LogP contribution in [0.5, 0.6) is 0 Å². The summed E-state index contributed by atoms with van der Waals surface area (Å²) in [5.74, 6) is 3.16. The van der Waals surface area contributed by atoms with Gasteiger partial charge in [0, 0.05) is 6.42 Å². The van der Waals surface area contributed by atoms with Gasteiger partial charge >= 0.3 is 0 Å². The lowest BCUT2D eigenvalue weighted by Crippen LogP contribution is -2.52. The van der Waals surface area contributed by atoms with Crippen LogP contribution < -0.4 is 5.32 Å². The lowest BCUT2D eigenvalue weighted by atomic mass is 9.49. The van der Waals surface area contributed by atoms with Crippen LogP contribution in [0.2, 0.25) is 0 Å². The first-order chi connectivity index (χ1) is 11.0. The van der Waals surface area contributed by atoms with Gasteiger partial charge in [-0.1, -0.05) is 0 Å². The van der Waals surface area contributed by atoms with Crippen LogP contribution in [0.15, 0.2) is 0 Å².